The van der Waals surface area contributed by atoms with Crippen LogP contribution in [0.25, 0.3) is 0 Å². The van der Waals surface area contributed by atoms with Crippen LogP contribution in [0.3, 0.4) is 0 Å². The fraction of sp³-hybridized carbons (Fsp3) is 0.594. The number of benzene rings is 1. The van der Waals surface area contributed by atoms with E-state index in [0.717, 1.165) is 44.6 Å². The molecule has 5 rings (SSSR count). The number of hydrogen-bond acceptors (Lipinski definition) is 8. The molecule has 3 saturated carbocycles. The summed E-state index contributed by atoms with van der Waals surface area (Å²) in [6.45, 7) is 3.96. The van der Waals surface area contributed by atoms with E-state index in [0.29, 0.717) is 36.3 Å². The molecule has 0 spiro atoms. The first-order valence-corrected chi connectivity index (χ1v) is 14.9. The van der Waals surface area contributed by atoms with Crippen LogP contribution in [0.15, 0.2) is 41.1 Å². The molecule has 4 N–H and O–H groups in total. The number of aliphatic carboxylic acids is 1. The Kier molecular flexibility index (Phi) is 8.13. The Morgan fingerprint density at radius 1 is 1.21 bits per heavy atom. The number of nitro benzene ring substituents is 1. The van der Waals surface area contributed by atoms with Crippen LogP contribution in [-0.4, -0.2) is 56.1 Å². The van der Waals surface area contributed by atoms with Crippen LogP contribution < -0.4 is 5.32 Å². The number of carboxylic acid groups (broad SMARTS) is 1. The van der Waals surface area contributed by atoms with Crippen molar-refractivity contribution in [3.63, 3.8) is 0 Å². The van der Waals surface area contributed by atoms with Crippen molar-refractivity contribution in [1.82, 2.24) is 5.32 Å². The van der Waals surface area contributed by atoms with Crippen molar-refractivity contribution in [2.24, 2.45) is 33.7 Å². The third-order valence-electron chi connectivity index (χ3n) is 11.1. The topological polar surface area (TPSA) is 172 Å². The van der Waals surface area contributed by atoms with Gasteiger partial charge in [0.15, 0.2) is 12.6 Å². The van der Waals surface area contributed by atoms with Gasteiger partial charge in [-0.2, -0.15) is 0 Å². The normalized spacial score (nSPS) is 35.3. The summed E-state index contributed by atoms with van der Waals surface area (Å²) >= 11 is 0. The highest BCUT2D eigenvalue weighted by molar-refractivity contribution is 5.96. The molecule has 43 heavy (non-hydrogen) atoms. The summed E-state index contributed by atoms with van der Waals surface area (Å²) in [5, 5.41) is 48.7. The molecule has 230 valence electrons. The minimum atomic E-state index is -1.74. The Bertz CT molecular complexity index is 1420. The van der Waals surface area contributed by atoms with Crippen LogP contribution in [0, 0.1) is 51.0 Å². The summed E-state index contributed by atoms with van der Waals surface area (Å²) in [4.78, 5) is 39.9. The number of carbonyl (C=O) groups excluding carboxylic acids is 1. The van der Waals surface area contributed by atoms with Gasteiger partial charge in [0, 0.05) is 17.5 Å². The van der Waals surface area contributed by atoms with Crippen molar-refractivity contribution in [2.75, 3.05) is 6.61 Å². The summed E-state index contributed by atoms with van der Waals surface area (Å²) in [5.74, 6) is 1.85. The zero-order valence-electron chi connectivity index (χ0n) is 24.5. The number of nitrogens with zero attached hydrogens (tertiary/aromatic N) is 2. The summed E-state index contributed by atoms with van der Waals surface area (Å²) < 4.78 is 0. The van der Waals surface area contributed by atoms with Crippen LogP contribution in [0.2, 0.25) is 0 Å². The van der Waals surface area contributed by atoms with Crippen molar-refractivity contribution >= 4 is 23.3 Å². The Morgan fingerprint density at radius 2 is 1.95 bits per heavy atom. The van der Waals surface area contributed by atoms with E-state index >= 15 is 0 Å². The van der Waals surface area contributed by atoms with Crippen LogP contribution in [0.4, 0.5) is 5.69 Å². The SMILES string of the molecule is C#C[C@]1(O)CCC2C3CCC4=C/C(=N/OCC(=O)NC(C(=O)O)C(O)c5cccc([N+](=O)[O-])c5)CC[C@]4(C)C3CC[C@@]21C. The number of terminal acetylenes is 1. The van der Waals surface area contributed by atoms with Crippen LogP contribution in [-0.2, 0) is 14.4 Å². The third kappa shape index (κ3) is 5.31. The Morgan fingerprint density at radius 3 is 2.65 bits per heavy atom. The molecule has 4 aliphatic carbocycles. The number of nitrogens with one attached hydrogen (secondary N) is 1. The van der Waals surface area contributed by atoms with Crippen molar-refractivity contribution < 1.29 is 34.7 Å². The van der Waals surface area contributed by atoms with Gasteiger partial charge in [-0.1, -0.05) is 42.6 Å². The smallest absolute Gasteiger partial charge is 0.329 e. The lowest BCUT2D eigenvalue weighted by atomic mass is 9.46. The first-order valence-electron chi connectivity index (χ1n) is 14.9. The highest BCUT2D eigenvalue weighted by atomic mass is 16.6. The van der Waals surface area contributed by atoms with E-state index in [1.165, 1.54) is 23.8 Å². The zero-order valence-corrected chi connectivity index (χ0v) is 24.5. The van der Waals surface area contributed by atoms with Crippen molar-refractivity contribution in [1.29, 1.82) is 0 Å². The molecule has 0 aliphatic heterocycles. The van der Waals surface area contributed by atoms with Gasteiger partial charge in [-0.3, -0.25) is 14.9 Å². The molecule has 1 amide bonds. The summed E-state index contributed by atoms with van der Waals surface area (Å²) in [6, 6.07) is 3.20. The molecular weight excluding hydrogens is 554 g/mol. The van der Waals surface area contributed by atoms with Gasteiger partial charge in [-0.25, -0.2) is 4.79 Å². The molecule has 0 aromatic heterocycles. The average molecular weight is 594 g/mol. The second-order valence-electron chi connectivity index (χ2n) is 13.0. The number of non-ortho nitro benzene ring substituents is 1. The first-order chi connectivity index (χ1) is 20.3. The van der Waals surface area contributed by atoms with E-state index in [4.69, 9.17) is 11.3 Å². The Balaban J connectivity index is 1.21. The van der Waals surface area contributed by atoms with Crippen molar-refractivity contribution in [3.05, 3.63) is 51.6 Å². The molecule has 11 heteroatoms. The predicted octanol–water partition coefficient (Wildman–Crippen LogP) is 3.90. The molecule has 0 saturated heterocycles. The second-order valence-corrected chi connectivity index (χ2v) is 13.0. The quantitative estimate of drug-likeness (QED) is 0.200. The minimum absolute atomic E-state index is 0.0167. The number of aliphatic hydroxyl groups is 2. The van der Waals surface area contributed by atoms with Crippen molar-refractivity contribution in [3.8, 4) is 12.3 Å². The molecule has 0 heterocycles. The second kappa shape index (κ2) is 11.4. The monoisotopic (exact) mass is 593 g/mol. The van der Waals surface area contributed by atoms with Gasteiger partial charge < -0.3 is 25.5 Å². The van der Waals surface area contributed by atoms with Gasteiger partial charge in [0.1, 0.15) is 11.7 Å². The summed E-state index contributed by atoms with van der Waals surface area (Å²) in [7, 11) is 0. The number of rotatable bonds is 8. The number of nitro groups is 1. The van der Waals surface area contributed by atoms with E-state index in [1.807, 2.05) is 0 Å². The van der Waals surface area contributed by atoms with Gasteiger partial charge >= 0.3 is 5.97 Å². The number of oxime groups is 1. The summed E-state index contributed by atoms with van der Waals surface area (Å²) in [5.41, 5.74) is 0.464. The number of allylic oxidation sites excluding steroid dienone is 2. The number of hydrogen-bond donors (Lipinski definition) is 4. The van der Waals surface area contributed by atoms with Gasteiger partial charge in [0.25, 0.3) is 11.6 Å². The highest BCUT2D eigenvalue weighted by Crippen LogP contribution is 2.67. The molecule has 1 aromatic carbocycles. The van der Waals surface area contributed by atoms with Crippen molar-refractivity contribution in [2.45, 2.75) is 83.0 Å². The lowest BCUT2D eigenvalue weighted by Gasteiger charge is -2.58. The molecule has 8 atom stereocenters. The van der Waals surface area contributed by atoms with E-state index in [9.17, 15) is 35.0 Å². The maximum absolute atomic E-state index is 12.5. The largest absolute Gasteiger partial charge is 0.480 e. The highest BCUT2D eigenvalue weighted by Gasteiger charge is 2.63. The molecule has 3 fully saturated rings. The molecule has 0 bridgehead atoms. The lowest BCUT2D eigenvalue weighted by Crippen LogP contribution is -2.54. The van der Waals surface area contributed by atoms with Crippen LogP contribution in [0.5, 0.6) is 0 Å². The van der Waals surface area contributed by atoms with E-state index < -0.39 is 41.2 Å². The third-order valence-corrected chi connectivity index (χ3v) is 11.1. The van der Waals surface area contributed by atoms with Gasteiger partial charge in [-0.05, 0) is 86.2 Å². The van der Waals surface area contributed by atoms with E-state index in [2.05, 4.69) is 36.3 Å². The number of carboxylic acids is 1. The van der Waals surface area contributed by atoms with E-state index in [1.54, 1.807) is 0 Å². The predicted molar refractivity (Wildman–Crippen MR) is 156 cm³/mol. The first kappa shape index (κ1) is 30.7. The summed E-state index contributed by atoms with van der Waals surface area (Å²) in [6.07, 6.45) is 13.2. The minimum Gasteiger partial charge on any atom is -0.480 e. The number of aliphatic hydroxyl groups excluding tert-OH is 1. The molecule has 4 aliphatic rings. The molecule has 11 nitrogen and oxygen atoms in total. The molecule has 5 unspecified atom stereocenters. The number of amides is 1. The zero-order chi connectivity index (χ0) is 31.2. The fourth-order valence-electron chi connectivity index (χ4n) is 8.58. The van der Waals surface area contributed by atoms with Gasteiger partial charge in [0.05, 0.1) is 10.6 Å². The standard InChI is InChI=1S/C32H39N3O8/c1-4-32(40)15-12-25-23-9-8-20-17-21(10-13-30(20,2)24(23)11-14-31(25,32)3)34-43-18-26(36)33-27(29(38)39)28(37)19-6-5-7-22(16-19)35(41)42/h1,5-7,16-17,23-25,27-28,37,40H,8-15,18H2,2-3H3,(H,33,36)(H,38,39)/b34-21+/t23?,24?,25?,27?,28?,30-,31-,32-/m0/s1. The maximum Gasteiger partial charge on any atom is 0.329 e. The van der Waals surface area contributed by atoms with Crippen LogP contribution >= 0.6 is 0 Å². The van der Waals surface area contributed by atoms with Gasteiger partial charge in [-0.15, -0.1) is 6.42 Å². The number of carbonyl (C=O) groups is 2. The number of fused-ring (bicyclic) bond motifs is 5. The van der Waals surface area contributed by atoms with Gasteiger partial charge in [0.2, 0.25) is 0 Å². The van der Waals surface area contributed by atoms with Crippen LogP contribution in [0.1, 0.15) is 76.9 Å². The molecule has 1 aromatic rings. The average Bonchev–Trinajstić information content (AvgIpc) is 3.26. The molecule has 0 radical (unpaired) electrons. The Hall–Kier alpha value is -3.75. The molecular formula is C32H39N3O8. The lowest BCUT2D eigenvalue weighted by molar-refractivity contribution is -0.385. The Labute approximate surface area is 250 Å². The maximum atomic E-state index is 12.5. The fourth-order valence-corrected chi connectivity index (χ4v) is 8.58. The van der Waals surface area contributed by atoms with E-state index in [-0.39, 0.29) is 22.1 Å².